The van der Waals surface area contributed by atoms with Crippen molar-refractivity contribution in [2.24, 2.45) is 0 Å². The zero-order valence-corrected chi connectivity index (χ0v) is 14.3. The van der Waals surface area contributed by atoms with Crippen LogP contribution in [0.3, 0.4) is 0 Å². The summed E-state index contributed by atoms with van der Waals surface area (Å²) < 4.78 is 25.8. The van der Waals surface area contributed by atoms with Gasteiger partial charge in [-0.1, -0.05) is 52.9 Å². The summed E-state index contributed by atoms with van der Waals surface area (Å²) >= 11 is 2.23. The molecule has 0 heterocycles. The highest BCUT2D eigenvalue weighted by Crippen LogP contribution is 2.31. The zero-order chi connectivity index (χ0) is 15.3. The SMILES string of the molecule is COc1ccc(COC(C)(CI)c2ccccc2F)cc1. The standard InChI is InChI=1S/C17H18FIO2/c1-17(12-19,15-5-3-4-6-16(15)18)21-11-13-7-9-14(20-2)10-8-13/h3-10H,11-12H2,1-2H3. The monoisotopic (exact) mass is 400 g/mol. The first-order chi connectivity index (χ1) is 10.1. The van der Waals surface area contributed by atoms with Gasteiger partial charge in [-0.25, -0.2) is 4.39 Å². The minimum absolute atomic E-state index is 0.230. The number of rotatable bonds is 6. The second-order valence-corrected chi connectivity index (χ2v) is 5.74. The summed E-state index contributed by atoms with van der Waals surface area (Å²) in [6.07, 6.45) is 0. The van der Waals surface area contributed by atoms with Gasteiger partial charge in [0.2, 0.25) is 0 Å². The molecule has 4 heteroatoms. The largest absolute Gasteiger partial charge is 0.497 e. The molecule has 2 aromatic rings. The average Bonchev–Trinajstić information content (AvgIpc) is 2.53. The number of benzene rings is 2. The van der Waals surface area contributed by atoms with Gasteiger partial charge in [0.15, 0.2) is 0 Å². The van der Waals surface area contributed by atoms with Crippen molar-refractivity contribution >= 4 is 22.6 Å². The van der Waals surface area contributed by atoms with Crippen LogP contribution in [0.15, 0.2) is 48.5 Å². The summed E-state index contributed by atoms with van der Waals surface area (Å²) in [6.45, 7) is 2.35. The Hall–Kier alpha value is -1.14. The Morgan fingerprint density at radius 3 is 2.33 bits per heavy atom. The topological polar surface area (TPSA) is 18.5 Å². The minimum Gasteiger partial charge on any atom is -0.497 e. The molecule has 2 rings (SSSR count). The van der Waals surface area contributed by atoms with Crippen LogP contribution in [0.2, 0.25) is 0 Å². The van der Waals surface area contributed by atoms with Crippen LogP contribution >= 0.6 is 22.6 Å². The molecule has 0 fully saturated rings. The lowest BCUT2D eigenvalue weighted by molar-refractivity contribution is -0.0298. The number of hydrogen-bond donors (Lipinski definition) is 0. The molecule has 0 saturated carbocycles. The van der Waals surface area contributed by atoms with Crippen molar-refractivity contribution in [3.05, 3.63) is 65.5 Å². The zero-order valence-electron chi connectivity index (χ0n) is 12.1. The van der Waals surface area contributed by atoms with Crippen LogP contribution < -0.4 is 4.74 Å². The van der Waals surface area contributed by atoms with E-state index >= 15 is 0 Å². The first-order valence-electron chi connectivity index (χ1n) is 6.67. The third kappa shape index (κ3) is 3.95. The van der Waals surface area contributed by atoms with Crippen LogP contribution in [-0.4, -0.2) is 11.5 Å². The maximum Gasteiger partial charge on any atom is 0.129 e. The number of hydrogen-bond acceptors (Lipinski definition) is 2. The summed E-state index contributed by atoms with van der Waals surface area (Å²) in [5, 5.41) is 0. The van der Waals surface area contributed by atoms with Crippen molar-refractivity contribution in [2.75, 3.05) is 11.5 Å². The fourth-order valence-electron chi connectivity index (χ4n) is 2.04. The smallest absolute Gasteiger partial charge is 0.129 e. The van der Waals surface area contributed by atoms with Crippen molar-refractivity contribution in [1.82, 2.24) is 0 Å². The summed E-state index contributed by atoms with van der Waals surface area (Å²) in [6, 6.07) is 14.5. The summed E-state index contributed by atoms with van der Waals surface area (Å²) in [4.78, 5) is 0. The van der Waals surface area contributed by atoms with Crippen molar-refractivity contribution in [2.45, 2.75) is 19.1 Å². The lowest BCUT2D eigenvalue weighted by atomic mass is 9.97. The highest BCUT2D eigenvalue weighted by Gasteiger charge is 2.29. The molecule has 0 N–H and O–H groups in total. The summed E-state index contributed by atoms with van der Waals surface area (Å²) in [5.74, 6) is 0.580. The van der Waals surface area contributed by atoms with E-state index in [1.807, 2.05) is 37.3 Å². The van der Waals surface area contributed by atoms with Gasteiger partial charge in [-0.2, -0.15) is 0 Å². The normalized spacial score (nSPS) is 13.7. The molecule has 1 unspecified atom stereocenters. The Labute approximate surface area is 138 Å². The molecule has 21 heavy (non-hydrogen) atoms. The second kappa shape index (κ2) is 7.22. The second-order valence-electron chi connectivity index (χ2n) is 4.98. The van der Waals surface area contributed by atoms with Gasteiger partial charge in [0.05, 0.1) is 13.7 Å². The van der Waals surface area contributed by atoms with E-state index in [0.717, 1.165) is 11.3 Å². The third-order valence-electron chi connectivity index (χ3n) is 3.42. The molecule has 0 bridgehead atoms. The molecule has 0 spiro atoms. The minimum atomic E-state index is -0.647. The van der Waals surface area contributed by atoms with Crippen LogP contribution in [0.25, 0.3) is 0 Å². The van der Waals surface area contributed by atoms with Crippen molar-refractivity contribution in [3.63, 3.8) is 0 Å². The van der Waals surface area contributed by atoms with Gasteiger partial charge in [-0.3, -0.25) is 0 Å². The highest BCUT2D eigenvalue weighted by molar-refractivity contribution is 14.1. The molecular weight excluding hydrogens is 382 g/mol. The molecule has 0 saturated heterocycles. The van der Waals surface area contributed by atoms with Gasteiger partial charge in [-0.05, 0) is 30.7 Å². The van der Waals surface area contributed by atoms with E-state index in [-0.39, 0.29) is 5.82 Å². The van der Waals surface area contributed by atoms with Gasteiger partial charge < -0.3 is 9.47 Å². The van der Waals surface area contributed by atoms with Crippen LogP contribution in [0.5, 0.6) is 5.75 Å². The van der Waals surface area contributed by atoms with E-state index in [0.29, 0.717) is 16.6 Å². The fraction of sp³-hybridized carbons (Fsp3) is 0.294. The number of halogens is 2. The highest BCUT2D eigenvalue weighted by atomic mass is 127. The molecule has 0 radical (unpaired) electrons. The van der Waals surface area contributed by atoms with E-state index < -0.39 is 5.60 Å². The maximum absolute atomic E-state index is 14.0. The van der Waals surface area contributed by atoms with E-state index in [2.05, 4.69) is 22.6 Å². The van der Waals surface area contributed by atoms with Crippen molar-refractivity contribution in [3.8, 4) is 5.75 Å². The molecule has 0 aliphatic rings. The predicted octanol–water partition coefficient (Wildman–Crippen LogP) is 4.70. The van der Waals surface area contributed by atoms with Crippen molar-refractivity contribution in [1.29, 1.82) is 0 Å². The first-order valence-corrected chi connectivity index (χ1v) is 8.19. The maximum atomic E-state index is 14.0. The number of ether oxygens (including phenoxy) is 2. The molecule has 0 amide bonds. The lowest BCUT2D eigenvalue weighted by Crippen LogP contribution is -2.29. The van der Waals surface area contributed by atoms with Gasteiger partial charge in [0.25, 0.3) is 0 Å². The molecular formula is C17H18FIO2. The van der Waals surface area contributed by atoms with E-state index in [9.17, 15) is 4.39 Å². The Balaban J connectivity index is 2.13. The van der Waals surface area contributed by atoms with E-state index in [1.165, 1.54) is 6.07 Å². The Morgan fingerprint density at radius 2 is 1.76 bits per heavy atom. The van der Waals surface area contributed by atoms with Gasteiger partial charge in [0, 0.05) is 9.99 Å². The Kier molecular flexibility index (Phi) is 5.58. The van der Waals surface area contributed by atoms with Gasteiger partial charge in [0.1, 0.15) is 17.2 Å². The van der Waals surface area contributed by atoms with Crippen LogP contribution in [0.4, 0.5) is 4.39 Å². The van der Waals surface area contributed by atoms with Crippen LogP contribution in [0.1, 0.15) is 18.1 Å². The fourth-order valence-corrected chi connectivity index (χ4v) is 2.67. The van der Waals surface area contributed by atoms with E-state index in [1.54, 1.807) is 19.2 Å². The van der Waals surface area contributed by atoms with Crippen LogP contribution in [-0.2, 0) is 16.9 Å². The lowest BCUT2D eigenvalue weighted by Gasteiger charge is -2.29. The molecule has 0 aliphatic carbocycles. The summed E-state index contributed by atoms with van der Waals surface area (Å²) in [7, 11) is 1.64. The van der Waals surface area contributed by atoms with Gasteiger partial charge in [-0.15, -0.1) is 0 Å². The number of methoxy groups -OCH3 is 1. The molecule has 0 aliphatic heterocycles. The Bertz CT molecular complexity index is 586. The molecule has 112 valence electrons. The molecule has 0 aromatic heterocycles. The van der Waals surface area contributed by atoms with Crippen molar-refractivity contribution < 1.29 is 13.9 Å². The summed E-state index contributed by atoms with van der Waals surface area (Å²) in [5.41, 5.74) is 0.974. The average molecular weight is 400 g/mol. The predicted molar refractivity (Wildman–Crippen MR) is 90.4 cm³/mol. The van der Waals surface area contributed by atoms with E-state index in [4.69, 9.17) is 9.47 Å². The molecule has 2 nitrogen and oxygen atoms in total. The quantitative estimate of drug-likeness (QED) is 0.517. The number of alkyl halides is 1. The Morgan fingerprint density at radius 1 is 1.10 bits per heavy atom. The molecule has 1 atom stereocenters. The van der Waals surface area contributed by atoms with Gasteiger partial charge >= 0.3 is 0 Å². The first kappa shape index (κ1) is 16.2. The molecule has 2 aromatic carbocycles. The third-order valence-corrected chi connectivity index (χ3v) is 4.87. The van der Waals surface area contributed by atoms with Crippen LogP contribution in [0, 0.1) is 5.82 Å².